The van der Waals surface area contributed by atoms with Crippen molar-refractivity contribution < 1.29 is 17.9 Å². The molecule has 3 atom stereocenters. The fourth-order valence-corrected chi connectivity index (χ4v) is 5.58. The van der Waals surface area contributed by atoms with Gasteiger partial charge in [-0.25, -0.2) is 15.0 Å². The van der Waals surface area contributed by atoms with Crippen LogP contribution in [0.1, 0.15) is 18.9 Å². The second-order valence-electron chi connectivity index (χ2n) is 10.2. The molecule has 10 nitrogen and oxygen atoms in total. The summed E-state index contributed by atoms with van der Waals surface area (Å²) in [7, 11) is 0. The number of aromatic nitrogens is 6. The van der Waals surface area contributed by atoms with Crippen LogP contribution in [0.4, 0.5) is 13.2 Å². The summed E-state index contributed by atoms with van der Waals surface area (Å²) in [4.78, 5) is 44.1. The first-order valence-electron chi connectivity index (χ1n) is 12.8. The van der Waals surface area contributed by atoms with Crippen LogP contribution in [-0.4, -0.2) is 59.9 Å². The Labute approximate surface area is 223 Å². The van der Waals surface area contributed by atoms with Gasteiger partial charge in [0, 0.05) is 49.1 Å². The van der Waals surface area contributed by atoms with Crippen LogP contribution in [0.25, 0.3) is 44.6 Å². The number of H-pyrrole nitrogens is 2. The second-order valence-corrected chi connectivity index (χ2v) is 10.2. The highest BCUT2D eigenvalue weighted by molar-refractivity contribution is 5.94. The monoisotopic (exact) mass is 549 g/mol. The molecular weight excluding hydrogens is 527 g/mol. The molecular formula is C27H22F3N7O3. The van der Waals surface area contributed by atoms with Crippen molar-refractivity contribution in [2.24, 2.45) is 0 Å². The van der Waals surface area contributed by atoms with Crippen molar-refractivity contribution in [2.45, 2.75) is 38.2 Å². The van der Waals surface area contributed by atoms with Crippen molar-refractivity contribution in [2.75, 3.05) is 13.1 Å². The molecule has 2 N–H and O–H groups in total. The molecule has 0 saturated carbocycles. The van der Waals surface area contributed by atoms with Gasteiger partial charge in [-0.15, -0.1) is 0 Å². The zero-order chi connectivity index (χ0) is 27.8. The van der Waals surface area contributed by atoms with Gasteiger partial charge in [0.1, 0.15) is 23.1 Å². The molecule has 5 heterocycles. The van der Waals surface area contributed by atoms with Crippen molar-refractivity contribution >= 4 is 21.9 Å². The summed E-state index contributed by atoms with van der Waals surface area (Å²) in [5.41, 5.74) is 0.490. The van der Waals surface area contributed by atoms with E-state index < -0.39 is 17.3 Å². The Kier molecular flexibility index (Phi) is 5.36. The van der Waals surface area contributed by atoms with Crippen LogP contribution in [0.15, 0.2) is 52.3 Å². The van der Waals surface area contributed by atoms with Crippen LogP contribution in [0.3, 0.4) is 0 Å². The number of hydrogen-bond acceptors (Lipinski definition) is 7. The molecule has 2 aromatic carbocycles. The molecule has 7 rings (SSSR count). The predicted octanol–water partition coefficient (Wildman–Crippen LogP) is 3.56. The van der Waals surface area contributed by atoms with Gasteiger partial charge >= 0.3 is 6.18 Å². The average Bonchev–Trinajstić information content (AvgIpc) is 3.44. The molecule has 0 amide bonds. The highest BCUT2D eigenvalue weighted by Crippen LogP contribution is 2.34. The van der Waals surface area contributed by atoms with Gasteiger partial charge in [-0.3, -0.25) is 24.3 Å². The molecule has 2 unspecified atom stereocenters. The van der Waals surface area contributed by atoms with Crippen LogP contribution in [0.2, 0.25) is 0 Å². The topological polar surface area (TPSA) is 122 Å². The lowest BCUT2D eigenvalue weighted by Gasteiger charge is -2.21. The summed E-state index contributed by atoms with van der Waals surface area (Å²) >= 11 is 0. The highest BCUT2D eigenvalue weighted by Gasteiger charge is 2.33. The molecule has 204 valence electrons. The lowest BCUT2D eigenvalue weighted by atomic mass is 10.1. The van der Waals surface area contributed by atoms with Crippen molar-refractivity contribution in [3.63, 3.8) is 0 Å². The van der Waals surface area contributed by atoms with E-state index in [1.54, 1.807) is 35.0 Å². The number of halogens is 3. The van der Waals surface area contributed by atoms with E-state index in [1.165, 1.54) is 0 Å². The van der Waals surface area contributed by atoms with Gasteiger partial charge < -0.3 is 9.72 Å². The number of rotatable bonds is 1. The molecule has 40 heavy (non-hydrogen) atoms. The first-order chi connectivity index (χ1) is 19.2. The fourth-order valence-electron chi connectivity index (χ4n) is 5.58. The van der Waals surface area contributed by atoms with E-state index in [9.17, 15) is 22.8 Å². The SMILES string of the molecule is C[C@@H]1CC2CN1CCn1[nH]c3c(cccc3c1=O)-c1nc3c(cc(-c4ncc(C(F)(F)F)cn4)cc3[nH]c1=O)O2. The lowest BCUT2D eigenvalue weighted by Crippen LogP contribution is -2.33. The van der Waals surface area contributed by atoms with Crippen LogP contribution in [-0.2, 0) is 12.7 Å². The first-order valence-corrected chi connectivity index (χ1v) is 12.8. The van der Waals surface area contributed by atoms with E-state index in [0.29, 0.717) is 64.9 Å². The molecule has 1 fully saturated rings. The van der Waals surface area contributed by atoms with Crippen LogP contribution >= 0.6 is 0 Å². The maximum atomic E-state index is 13.3. The number of aromatic amines is 2. The summed E-state index contributed by atoms with van der Waals surface area (Å²) in [6, 6.07) is 8.52. The van der Waals surface area contributed by atoms with E-state index in [0.717, 1.165) is 12.4 Å². The van der Waals surface area contributed by atoms with Crippen molar-refractivity contribution in [3.05, 3.63) is 69.0 Å². The standard InChI is InChI=1S/C27H22F3N7O3/c1-13-7-16-12-36(13)5-6-37-26(39)18-4-2-3-17(21(18)35-37)22-25(38)33-19-8-14(9-20(40-16)23(19)34-22)24-31-10-15(11-32-24)27(28,29)30/h2-4,8-11,13,16,35H,5-7,12H2,1H3,(H,33,38)/t13-,16?/m1/s1. The Hall–Kier alpha value is -4.52. The van der Waals surface area contributed by atoms with Crippen molar-refractivity contribution in [1.29, 1.82) is 0 Å². The summed E-state index contributed by atoms with van der Waals surface area (Å²) in [6.45, 7) is 3.73. The molecule has 13 heteroatoms. The van der Waals surface area contributed by atoms with Crippen LogP contribution in [0, 0.1) is 0 Å². The first kappa shape index (κ1) is 24.5. The minimum atomic E-state index is -4.57. The summed E-state index contributed by atoms with van der Waals surface area (Å²) < 4.78 is 47.2. The van der Waals surface area contributed by atoms with Gasteiger partial charge in [0.2, 0.25) is 0 Å². The largest absolute Gasteiger partial charge is 0.487 e. The van der Waals surface area contributed by atoms with Gasteiger partial charge in [-0.1, -0.05) is 12.1 Å². The molecule has 3 aromatic heterocycles. The predicted molar refractivity (Wildman–Crippen MR) is 140 cm³/mol. The maximum absolute atomic E-state index is 13.3. The number of hydrogen-bond donors (Lipinski definition) is 2. The van der Waals surface area contributed by atoms with Gasteiger partial charge in [-0.05, 0) is 25.1 Å². The molecule has 0 radical (unpaired) electrons. The average molecular weight is 550 g/mol. The Morgan fingerprint density at radius 2 is 1.90 bits per heavy atom. The van der Waals surface area contributed by atoms with E-state index in [4.69, 9.17) is 9.72 Å². The summed E-state index contributed by atoms with van der Waals surface area (Å²) in [5.74, 6) is 0.395. The number of fused-ring (bicyclic) bond motifs is 5. The number of alkyl halides is 3. The molecule has 1 saturated heterocycles. The molecule has 6 bridgehead atoms. The Morgan fingerprint density at radius 3 is 2.67 bits per heavy atom. The van der Waals surface area contributed by atoms with E-state index in [2.05, 4.69) is 31.9 Å². The smallest absolute Gasteiger partial charge is 0.419 e. The van der Waals surface area contributed by atoms with Crippen LogP contribution < -0.4 is 15.9 Å². The van der Waals surface area contributed by atoms with Gasteiger partial charge in [0.05, 0.1) is 28.5 Å². The molecule has 2 aliphatic heterocycles. The molecule has 2 aliphatic rings. The highest BCUT2D eigenvalue weighted by atomic mass is 19.4. The Bertz CT molecular complexity index is 1910. The third kappa shape index (κ3) is 3.96. The molecule has 0 aliphatic carbocycles. The van der Waals surface area contributed by atoms with Gasteiger partial charge in [0.15, 0.2) is 5.82 Å². The van der Waals surface area contributed by atoms with E-state index >= 15 is 0 Å². The molecule has 0 spiro atoms. The summed E-state index contributed by atoms with van der Waals surface area (Å²) in [6.07, 6.45) is -2.63. The van der Waals surface area contributed by atoms with Gasteiger partial charge in [-0.2, -0.15) is 13.2 Å². The van der Waals surface area contributed by atoms with Crippen molar-refractivity contribution in [3.8, 4) is 28.4 Å². The zero-order valence-electron chi connectivity index (χ0n) is 21.1. The minimum absolute atomic E-state index is 0.0455. The normalized spacial score (nSPS) is 20.8. The minimum Gasteiger partial charge on any atom is -0.487 e. The Balaban J connectivity index is 1.46. The second kappa shape index (κ2) is 8.74. The molecule has 5 aromatic rings. The van der Waals surface area contributed by atoms with E-state index in [-0.39, 0.29) is 29.2 Å². The quantitative estimate of drug-likeness (QED) is 0.328. The van der Waals surface area contributed by atoms with Crippen LogP contribution in [0.5, 0.6) is 5.75 Å². The number of para-hydroxylation sites is 1. The third-order valence-electron chi connectivity index (χ3n) is 7.61. The van der Waals surface area contributed by atoms with Gasteiger partial charge in [0.25, 0.3) is 11.1 Å². The van der Waals surface area contributed by atoms with Crippen molar-refractivity contribution in [1.82, 2.24) is 34.6 Å². The Morgan fingerprint density at radius 1 is 1.10 bits per heavy atom. The fraction of sp³-hybridized carbons (Fsp3) is 0.296. The maximum Gasteiger partial charge on any atom is 0.419 e. The third-order valence-corrected chi connectivity index (χ3v) is 7.61. The number of ether oxygens (including phenoxy) is 1. The summed E-state index contributed by atoms with van der Waals surface area (Å²) in [5, 5.41) is 3.62. The lowest BCUT2D eigenvalue weighted by molar-refractivity contribution is -0.138. The van der Waals surface area contributed by atoms with E-state index in [1.807, 2.05) is 0 Å². The zero-order valence-corrected chi connectivity index (χ0v) is 21.1. The number of nitrogens with zero attached hydrogens (tertiary/aromatic N) is 5. The number of benzene rings is 2. The number of nitrogens with one attached hydrogen (secondary N) is 2.